The van der Waals surface area contributed by atoms with Crippen LogP contribution in [0.15, 0.2) is 54.2 Å². The van der Waals surface area contributed by atoms with Gasteiger partial charge in [-0.2, -0.15) is 0 Å². The summed E-state index contributed by atoms with van der Waals surface area (Å²) in [5, 5.41) is 5.15. The lowest BCUT2D eigenvalue weighted by atomic mass is 10.0. The SMILES string of the molecule is O=C(CC1OC(=O)c2ccccc21)Nc1nc(-c2ccncc2)cs1.[HH]. The maximum absolute atomic E-state index is 12.3. The van der Waals surface area contributed by atoms with Gasteiger partial charge in [0, 0.05) is 30.3 Å². The van der Waals surface area contributed by atoms with Crippen LogP contribution in [-0.4, -0.2) is 21.8 Å². The third-order valence-corrected chi connectivity index (χ3v) is 4.63. The van der Waals surface area contributed by atoms with E-state index < -0.39 is 6.10 Å². The molecule has 6 nitrogen and oxygen atoms in total. The van der Waals surface area contributed by atoms with Crippen molar-refractivity contribution in [3.63, 3.8) is 0 Å². The average molecular weight is 353 g/mol. The van der Waals surface area contributed by atoms with Crippen molar-refractivity contribution >= 4 is 28.3 Å². The van der Waals surface area contributed by atoms with E-state index in [0.717, 1.165) is 16.8 Å². The van der Waals surface area contributed by atoms with E-state index in [1.165, 1.54) is 11.3 Å². The van der Waals surface area contributed by atoms with Crippen LogP contribution in [0.2, 0.25) is 0 Å². The largest absolute Gasteiger partial charge is 0.453 e. The Hall–Kier alpha value is -3.06. The van der Waals surface area contributed by atoms with E-state index in [0.29, 0.717) is 10.7 Å². The predicted octanol–water partition coefficient (Wildman–Crippen LogP) is 3.69. The second-order valence-corrected chi connectivity index (χ2v) is 6.37. The maximum atomic E-state index is 12.3. The number of rotatable bonds is 4. The van der Waals surface area contributed by atoms with Crippen molar-refractivity contribution < 1.29 is 15.8 Å². The number of hydrogen-bond donors (Lipinski definition) is 1. The lowest BCUT2D eigenvalue weighted by Gasteiger charge is -2.09. The maximum Gasteiger partial charge on any atom is 0.339 e. The van der Waals surface area contributed by atoms with Gasteiger partial charge >= 0.3 is 5.97 Å². The van der Waals surface area contributed by atoms with Crippen molar-refractivity contribution in [3.8, 4) is 11.3 Å². The lowest BCUT2D eigenvalue weighted by Crippen LogP contribution is -2.15. The van der Waals surface area contributed by atoms with E-state index in [1.807, 2.05) is 29.6 Å². The van der Waals surface area contributed by atoms with Gasteiger partial charge in [0.05, 0.1) is 17.7 Å². The quantitative estimate of drug-likeness (QED) is 0.724. The molecule has 1 atom stereocenters. The molecule has 1 amide bonds. The van der Waals surface area contributed by atoms with Gasteiger partial charge < -0.3 is 10.1 Å². The first-order valence-corrected chi connectivity index (χ1v) is 8.54. The number of nitrogens with zero attached hydrogens (tertiary/aromatic N) is 2. The Balaban J connectivity index is 0.00000196. The fourth-order valence-electron chi connectivity index (χ4n) is 2.70. The van der Waals surface area contributed by atoms with Crippen molar-refractivity contribution in [2.75, 3.05) is 5.32 Å². The van der Waals surface area contributed by atoms with Gasteiger partial charge in [0.15, 0.2) is 5.13 Å². The summed E-state index contributed by atoms with van der Waals surface area (Å²) in [5.41, 5.74) is 2.99. The molecule has 0 aliphatic carbocycles. The molecule has 1 aliphatic rings. The number of carbonyl (C=O) groups excluding carboxylic acids is 2. The van der Waals surface area contributed by atoms with Crippen molar-refractivity contribution in [1.29, 1.82) is 0 Å². The van der Waals surface area contributed by atoms with Crippen LogP contribution < -0.4 is 5.32 Å². The van der Waals surface area contributed by atoms with E-state index >= 15 is 0 Å². The van der Waals surface area contributed by atoms with Crippen LogP contribution in [0.4, 0.5) is 5.13 Å². The summed E-state index contributed by atoms with van der Waals surface area (Å²) in [6, 6.07) is 10.8. The number of aromatic nitrogens is 2. The molecule has 1 aliphatic heterocycles. The van der Waals surface area contributed by atoms with Crippen molar-refractivity contribution in [3.05, 3.63) is 65.3 Å². The van der Waals surface area contributed by atoms with Gasteiger partial charge in [0.1, 0.15) is 6.10 Å². The Morgan fingerprint density at radius 2 is 2.04 bits per heavy atom. The van der Waals surface area contributed by atoms with Crippen molar-refractivity contribution in [2.24, 2.45) is 0 Å². The first-order chi connectivity index (χ1) is 12.2. The summed E-state index contributed by atoms with van der Waals surface area (Å²) in [6.07, 6.45) is 2.90. The fraction of sp³-hybridized carbons (Fsp3) is 0.111. The van der Waals surface area contributed by atoms with Crippen LogP contribution in [0.1, 0.15) is 29.9 Å². The average Bonchev–Trinajstić information content (AvgIpc) is 3.21. The summed E-state index contributed by atoms with van der Waals surface area (Å²) in [7, 11) is 0. The summed E-state index contributed by atoms with van der Waals surface area (Å²) in [4.78, 5) is 32.5. The molecule has 1 N–H and O–H groups in total. The number of anilines is 1. The van der Waals surface area contributed by atoms with Gasteiger partial charge in [-0.05, 0) is 18.2 Å². The number of ether oxygens (including phenoxy) is 1. The number of thiazole rings is 1. The van der Waals surface area contributed by atoms with E-state index in [9.17, 15) is 9.59 Å². The second-order valence-electron chi connectivity index (χ2n) is 5.51. The van der Waals surface area contributed by atoms with E-state index in [-0.39, 0.29) is 19.7 Å². The lowest BCUT2D eigenvalue weighted by molar-refractivity contribution is -0.118. The number of benzene rings is 1. The molecule has 0 saturated heterocycles. The fourth-order valence-corrected chi connectivity index (χ4v) is 3.43. The molecule has 2 aromatic heterocycles. The molecule has 126 valence electrons. The van der Waals surface area contributed by atoms with Gasteiger partial charge in [-0.3, -0.25) is 9.78 Å². The zero-order chi connectivity index (χ0) is 17.2. The number of cyclic esters (lactones) is 1. The number of amides is 1. The molecule has 0 fully saturated rings. The molecule has 3 aromatic rings. The molecule has 0 saturated carbocycles. The van der Waals surface area contributed by atoms with Crippen LogP contribution in [-0.2, 0) is 9.53 Å². The minimum Gasteiger partial charge on any atom is -0.453 e. The van der Waals surface area contributed by atoms with Gasteiger partial charge in [0.25, 0.3) is 0 Å². The number of carbonyl (C=O) groups is 2. The summed E-state index contributed by atoms with van der Waals surface area (Å²) >= 11 is 1.35. The molecule has 7 heteroatoms. The van der Waals surface area contributed by atoms with Crippen LogP contribution in [0.5, 0.6) is 0 Å². The second kappa shape index (κ2) is 6.45. The Kier molecular flexibility index (Phi) is 3.99. The highest BCUT2D eigenvalue weighted by Crippen LogP contribution is 2.33. The third-order valence-electron chi connectivity index (χ3n) is 3.87. The smallest absolute Gasteiger partial charge is 0.339 e. The van der Waals surface area contributed by atoms with Crippen molar-refractivity contribution in [1.82, 2.24) is 9.97 Å². The Morgan fingerprint density at radius 3 is 2.88 bits per heavy atom. The van der Waals surface area contributed by atoms with E-state index in [2.05, 4.69) is 15.3 Å². The third kappa shape index (κ3) is 3.14. The molecule has 0 spiro atoms. The minimum atomic E-state index is -0.552. The summed E-state index contributed by atoms with van der Waals surface area (Å²) in [5.74, 6) is -0.632. The van der Waals surface area contributed by atoms with E-state index in [4.69, 9.17) is 4.74 Å². The van der Waals surface area contributed by atoms with Gasteiger partial charge in [0.2, 0.25) is 5.91 Å². The molecule has 0 radical (unpaired) electrons. The monoisotopic (exact) mass is 353 g/mol. The van der Waals surface area contributed by atoms with Gasteiger partial charge in [-0.15, -0.1) is 11.3 Å². The normalized spacial score (nSPS) is 15.5. The summed E-state index contributed by atoms with van der Waals surface area (Å²) in [6.45, 7) is 0. The molecule has 25 heavy (non-hydrogen) atoms. The van der Waals surface area contributed by atoms with Crippen molar-refractivity contribution in [2.45, 2.75) is 12.5 Å². The van der Waals surface area contributed by atoms with Crippen LogP contribution in [0.3, 0.4) is 0 Å². The first kappa shape index (κ1) is 15.5. The number of hydrogen-bond acceptors (Lipinski definition) is 6. The topological polar surface area (TPSA) is 81.2 Å². The number of nitrogens with one attached hydrogen (secondary N) is 1. The Labute approximate surface area is 149 Å². The Bertz CT molecular complexity index is 946. The first-order valence-electron chi connectivity index (χ1n) is 7.66. The minimum absolute atomic E-state index is 0. The highest BCUT2D eigenvalue weighted by Gasteiger charge is 2.32. The Morgan fingerprint density at radius 1 is 1.24 bits per heavy atom. The molecule has 1 unspecified atom stereocenters. The number of fused-ring (bicyclic) bond motifs is 1. The molecule has 1 aromatic carbocycles. The molecule has 4 rings (SSSR count). The number of esters is 1. The highest BCUT2D eigenvalue weighted by molar-refractivity contribution is 7.14. The highest BCUT2D eigenvalue weighted by atomic mass is 32.1. The van der Waals surface area contributed by atoms with Crippen LogP contribution in [0, 0.1) is 0 Å². The zero-order valence-electron chi connectivity index (χ0n) is 13.0. The molecular weight excluding hydrogens is 338 g/mol. The standard InChI is InChI=1S/C18H13N3O3S.H2/c22-16(9-15-12-3-1-2-4-13(12)17(23)24-15)21-18-20-14(10-25-18)11-5-7-19-8-6-11;/h1-8,10,15H,9H2,(H,20,21,22);1H. The molecular formula is C18H15N3O3S. The van der Waals surface area contributed by atoms with Crippen LogP contribution >= 0.6 is 11.3 Å². The summed E-state index contributed by atoms with van der Waals surface area (Å²) < 4.78 is 5.29. The van der Waals surface area contributed by atoms with Crippen LogP contribution in [0.25, 0.3) is 11.3 Å². The number of pyridine rings is 1. The predicted molar refractivity (Wildman–Crippen MR) is 95.3 cm³/mol. The van der Waals surface area contributed by atoms with Gasteiger partial charge in [-0.1, -0.05) is 18.2 Å². The van der Waals surface area contributed by atoms with E-state index in [1.54, 1.807) is 24.5 Å². The molecule has 3 heterocycles. The zero-order valence-corrected chi connectivity index (χ0v) is 13.8. The molecule has 0 bridgehead atoms. The van der Waals surface area contributed by atoms with Gasteiger partial charge in [-0.25, -0.2) is 9.78 Å².